The lowest BCUT2D eigenvalue weighted by molar-refractivity contribution is 0.169. The molecule has 0 aromatic heterocycles. The minimum absolute atomic E-state index is 0.0838. The highest BCUT2D eigenvalue weighted by atomic mass is 16.5. The van der Waals surface area contributed by atoms with Crippen LogP contribution in [-0.2, 0) is 0 Å². The summed E-state index contributed by atoms with van der Waals surface area (Å²) in [6, 6.07) is 4.82. The van der Waals surface area contributed by atoms with Crippen LogP contribution in [-0.4, -0.2) is 23.4 Å². The number of hydrogen-bond acceptors (Lipinski definition) is 4. The zero-order valence-corrected chi connectivity index (χ0v) is 8.81. The third kappa shape index (κ3) is 3.11. The van der Waals surface area contributed by atoms with Crippen LogP contribution in [0.5, 0.6) is 11.5 Å². The molecule has 15 heavy (non-hydrogen) atoms. The standard InChI is InChI=1S/C11H17NO3/c1-2-15-11-7-8(3-4-10(11)14)9(13)5-6-12/h3-4,7,9,13-14H,2,5-6,12H2,1H3. The van der Waals surface area contributed by atoms with Gasteiger partial charge in [-0.3, -0.25) is 0 Å². The van der Waals surface area contributed by atoms with Gasteiger partial charge in [-0.15, -0.1) is 0 Å². The van der Waals surface area contributed by atoms with E-state index in [0.717, 1.165) is 0 Å². The van der Waals surface area contributed by atoms with Crippen molar-refractivity contribution < 1.29 is 14.9 Å². The second-order valence-electron chi connectivity index (χ2n) is 3.25. The number of hydrogen-bond donors (Lipinski definition) is 3. The van der Waals surface area contributed by atoms with Crippen molar-refractivity contribution in [1.29, 1.82) is 0 Å². The first-order valence-corrected chi connectivity index (χ1v) is 5.02. The molecule has 1 aromatic carbocycles. The third-order valence-corrected chi connectivity index (χ3v) is 2.11. The normalized spacial score (nSPS) is 12.5. The fourth-order valence-corrected chi connectivity index (χ4v) is 1.33. The molecule has 4 N–H and O–H groups in total. The maximum Gasteiger partial charge on any atom is 0.161 e. The van der Waals surface area contributed by atoms with Crippen molar-refractivity contribution in [3.05, 3.63) is 23.8 Å². The summed E-state index contributed by atoms with van der Waals surface area (Å²) in [7, 11) is 0. The van der Waals surface area contributed by atoms with Crippen molar-refractivity contribution in [2.24, 2.45) is 5.73 Å². The van der Waals surface area contributed by atoms with Crippen molar-refractivity contribution >= 4 is 0 Å². The van der Waals surface area contributed by atoms with E-state index in [1.807, 2.05) is 6.92 Å². The predicted molar refractivity (Wildman–Crippen MR) is 57.9 cm³/mol. The summed E-state index contributed by atoms with van der Waals surface area (Å²) in [5.41, 5.74) is 6.06. The van der Waals surface area contributed by atoms with Crippen LogP contribution >= 0.6 is 0 Å². The van der Waals surface area contributed by atoms with E-state index in [9.17, 15) is 10.2 Å². The Morgan fingerprint density at radius 2 is 2.20 bits per heavy atom. The lowest BCUT2D eigenvalue weighted by Crippen LogP contribution is -2.06. The number of aromatic hydroxyl groups is 1. The van der Waals surface area contributed by atoms with E-state index < -0.39 is 6.10 Å². The lowest BCUT2D eigenvalue weighted by Gasteiger charge is -2.12. The van der Waals surface area contributed by atoms with Gasteiger partial charge in [0.25, 0.3) is 0 Å². The largest absolute Gasteiger partial charge is 0.504 e. The molecule has 0 amide bonds. The summed E-state index contributed by atoms with van der Waals surface area (Å²) >= 11 is 0. The maximum absolute atomic E-state index is 9.69. The van der Waals surface area contributed by atoms with Gasteiger partial charge in [-0.2, -0.15) is 0 Å². The van der Waals surface area contributed by atoms with E-state index in [1.54, 1.807) is 12.1 Å². The molecule has 4 heteroatoms. The first kappa shape index (κ1) is 11.8. The Hall–Kier alpha value is -1.26. The van der Waals surface area contributed by atoms with Gasteiger partial charge in [0.2, 0.25) is 0 Å². The van der Waals surface area contributed by atoms with Gasteiger partial charge in [-0.05, 0) is 37.6 Å². The van der Waals surface area contributed by atoms with Crippen molar-refractivity contribution in [3.8, 4) is 11.5 Å². The molecule has 1 atom stereocenters. The molecule has 0 radical (unpaired) electrons. The summed E-state index contributed by atoms with van der Waals surface area (Å²) in [6.07, 6.45) is -0.106. The highest BCUT2D eigenvalue weighted by molar-refractivity contribution is 5.42. The number of aliphatic hydroxyl groups is 1. The topological polar surface area (TPSA) is 75.7 Å². The number of rotatable bonds is 5. The van der Waals surface area contributed by atoms with E-state index in [4.69, 9.17) is 10.5 Å². The molecular weight excluding hydrogens is 194 g/mol. The summed E-state index contributed by atoms with van der Waals surface area (Å²) in [5.74, 6) is 0.478. The Balaban J connectivity index is 2.86. The van der Waals surface area contributed by atoms with Crippen LogP contribution in [0.1, 0.15) is 25.0 Å². The molecule has 0 spiro atoms. The zero-order chi connectivity index (χ0) is 11.3. The SMILES string of the molecule is CCOc1cc(C(O)CCN)ccc1O. The molecule has 1 rings (SSSR count). The summed E-state index contributed by atoms with van der Waals surface area (Å²) in [6.45, 7) is 2.73. The molecule has 0 bridgehead atoms. The van der Waals surface area contributed by atoms with Crippen molar-refractivity contribution in [3.63, 3.8) is 0 Å². The highest BCUT2D eigenvalue weighted by Gasteiger charge is 2.10. The van der Waals surface area contributed by atoms with Crippen molar-refractivity contribution in [1.82, 2.24) is 0 Å². The molecule has 1 unspecified atom stereocenters. The van der Waals surface area contributed by atoms with Crippen LogP contribution in [0.2, 0.25) is 0 Å². The van der Waals surface area contributed by atoms with Crippen LogP contribution < -0.4 is 10.5 Å². The van der Waals surface area contributed by atoms with Gasteiger partial charge < -0.3 is 20.7 Å². The second-order valence-corrected chi connectivity index (χ2v) is 3.25. The summed E-state index contributed by atoms with van der Waals surface area (Å²) in [5, 5.41) is 19.1. The number of benzene rings is 1. The summed E-state index contributed by atoms with van der Waals surface area (Å²) in [4.78, 5) is 0. The fraction of sp³-hybridized carbons (Fsp3) is 0.455. The Morgan fingerprint density at radius 1 is 1.47 bits per heavy atom. The Bertz CT molecular complexity index is 315. The number of ether oxygens (including phenoxy) is 1. The smallest absolute Gasteiger partial charge is 0.161 e. The minimum Gasteiger partial charge on any atom is -0.504 e. The monoisotopic (exact) mass is 211 g/mol. The van der Waals surface area contributed by atoms with E-state index in [0.29, 0.717) is 30.9 Å². The van der Waals surface area contributed by atoms with E-state index in [-0.39, 0.29) is 5.75 Å². The van der Waals surface area contributed by atoms with Gasteiger partial charge >= 0.3 is 0 Å². The molecular formula is C11H17NO3. The second kappa shape index (κ2) is 5.58. The number of phenolic OH excluding ortho intramolecular Hbond substituents is 1. The molecule has 0 fully saturated rings. The molecule has 84 valence electrons. The molecule has 4 nitrogen and oxygen atoms in total. The Morgan fingerprint density at radius 3 is 2.80 bits per heavy atom. The minimum atomic E-state index is -0.602. The predicted octanol–water partition coefficient (Wildman–Crippen LogP) is 1.17. The number of nitrogens with two attached hydrogens (primary N) is 1. The van der Waals surface area contributed by atoms with E-state index >= 15 is 0 Å². The van der Waals surface area contributed by atoms with Gasteiger partial charge in [0, 0.05) is 0 Å². The van der Waals surface area contributed by atoms with Gasteiger partial charge in [0.15, 0.2) is 11.5 Å². The van der Waals surface area contributed by atoms with Crippen LogP contribution in [0.25, 0.3) is 0 Å². The van der Waals surface area contributed by atoms with Crippen LogP contribution in [0.15, 0.2) is 18.2 Å². The van der Waals surface area contributed by atoms with Crippen LogP contribution in [0, 0.1) is 0 Å². The number of phenols is 1. The van der Waals surface area contributed by atoms with Crippen LogP contribution in [0.4, 0.5) is 0 Å². The molecule has 1 aromatic rings. The van der Waals surface area contributed by atoms with Crippen molar-refractivity contribution in [2.75, 3.05) is 13.2 Å². The van der Waals surface area contributed by atoms with Gasteiger partial charge in [0.1, 0.15) is 0 Å². The Labute approximate surface area is 89.3 Å². The fourth-order valence-electron chi connectivity index (χ4n) is 1.33. The molecule has 0 heterocycles. The molecule has 0 aliphatic heterocycles. The third-order valence-electron chi connectivity index (χ3n) is 2.11. The van der Waals surface area contributed by atoms with E-state index in [2.05, 4.69) is 0 Å². The van der Waals surface area contributed by atoms with Gasteiger partial charge in [-0.1, -0.05) is 6.07 Å². The van der Waals surface area contributed by atoms with Crippen LogP contribution in [0.3, 0.4) is 0 Å². The molecule has 0 saturated carbocycles. The van der Waals surface area contributed by atoms with Gasteiger partial charge in [0.05, 0.1) is 12.7 Å². The zero-order valence-electron chi connectivity index (χ0n) is 8.81. The average Bonchev–Trinajstić information content (AvgIpc) is 2.22. The molecule has 0 aliphatic carbocycles. The Kier molecular flexibility index (Phi) is 4.39. The lowest BCUT2D eigenvalue weighted by atomic mass is 10.1. The van der Waals surface area contributed by atoms with E-state index in [1.165, 1.54) is 6.07 Å². The summed E-state index contributed by atoms with van der Waals surface area (Å²) < 4.78 is 5.21. The first-order chi connectivity index (χ1) is 7.19. The molecule has 0 saturated heterocycles. The highest BCUT2D eigenvalue weighted by Crippen LogP contribution is 2.29. The quantitative estimate of drug-likeness (QED) is 0.683. The van der Waals surface area contributed by atoms with Crippen molar-refractivity contribution in [2.45, 2.75) is 19.4 Å². The molecule has 0 aliphatic rings. The first-order valence-electron chi connectivity index (χ1n) is 5.02. The maximum atomic E-state index is 9.69. The average molecular weight is 211 g/mol. The van der Waals surface area contributed by atoms with Gasteiger partial charge in [-0.25, -0.2) is 0 Å². The number of aliphatic hydroxyl groups excluding tert-OH is 1.